The number of benzene rings is 9. The summed E-state index contributed by atoms with van der Waals surface area (Å²) in [5, 5.41) is 2.51. The largest absolute Gasteiger partial charge is 0.309 e. The smallest absolute Gasteiger partial charge is 0.0713 e. The van der Waals surface area contributed by atoms with Crippen molar-refractivity contribution in [3.8, 4) is 39.1 Å². The molecule has 0 spiro atoms. The molecule has 12 rings (SSSR count). The second-order valence-corrected chi connectivity index (χ2v) is 16.5. The van der Waals surface area contributed by atoms with Crippen molar-refractivity contribution in [2.45, 2.75) is 18.8 Å². The highest BCUT2D eigenvalue weighted by atomic mass is 15.0. The monoisotopic (exact) mass is 791 g/mol. The number of nitrogens with zero attached hydrogens (tertiary/aromatic N) is 1. The second kappa shape index (κ2) is 15.1. The fourth-order valence-electron chi connectivity index (χ4n) is 10.5. The summed E-state index contributed by atoms with van der Waals surface area (Å²) in [6.45, 7) is 9.80. The zero-order chi connectivity index (χ0) is 41.8. The fraction of sp³-hybridized carbons (Fsp3) is 0.0492. The van der Waals surface area contributed by atoms with Crippen molar-refractivity contribution in [1.29, 1.82) is 0 Å². The molecule has 0 atom stereocenters. The van der Waals surface area contributed by atoms with Crippen molar-refractivity contribution < 1.29 is 0 Å². The number of aromatic nitrogens is 1. The van der Waals surface area contributed by atoms with Crippen LogP contribution >= 0.6 is 0 Å². The Hall–Kier alpha value is -7.74. The van der Waals surface area contributed by atoms with E-state index in [9.17, 15) is 0 Å². The molecule has 0 amide bonds. The summed E-state index contributed by atoms with van der Waals surface area (Å²) in [6.07, 6.45) is 2.59. The Morgan fingerprint density at radius 3 is 1.82 bits per heavy atom. The highest BCUT2D eigenvalue weighted by Gasteiger charge is 2.46. The predicted octanol–water partition coefficient (Wildman–Crippen LogP) is 15.6. The van der Waals surface area contributed by atoms with Gasteiger partial charge in [-0.15, -0.1) is 6.58 Å². The Labute approximate surface area is 364 Å². The van der Waals surface area contributed by atoms with E-state index in [0.717, 1.165) is 12.0 Å². The lowest BCUT2D eigenvalue weighted by Crippen LogP contribution is -2.28. The Kier molecular flexibility index (Phi) is 9.06. The third-order valence-electron chi connectivity index (χ3n) is 13.0. The highest BCUT2D eigenvalue weighted by Crippen LogP contribution is 2.56. The van der Waals surface area contributed by atoms with Crippen molar-refractivity contribution in [2.24, 2.45) is 0 Å². The van der Waals surface area contributed by atoms with Crippen molar-refractivity contribution in [2.75, 3.05) is 0 Å². The van der Waals surface area contributed by atoms with E-state index in [1.807, 2.05) is 6.92 Å². The molecule has 1 nitrogen and oxygen atoms in total. The molecule has 1 heterocycles. The van der Waals surface area contributed by atoms with Crippen molar-refractivity contribution in [1.82, 2.24) is 4.57 Å². The van der Waals surface area contributed by atoms with Gasteiger partial charge in [-0.05, 0) is 133 Å². The maximum atomic E-state index is 4.55. The first kappa shape index (κ1) is 37.3. The van der Waals surface area contributed by atoms with Crippen LogP contribution in [-0.4, -0.2) is 4.57 Å². The minimum absolute atomic E-state index is 0.404. The first-order valence-electron chi connectivity index (χ1n) is 21.6. The molecule has 1 aromatic heterocycles. The molecule has 2 aliphatic carbocycles. The molecule has 2 aliphatic rings. The van der Waals surface area contributed by atoms with Crippen LogP contribution in [0.15, 0.2) is 232 Å². The molecule has 0 N–H and O–H groups in total. The van der Waals surface area contributed by atoms with Gasteiger partial charge in [0.05, 0.1) is 16.4 Å². The van der Waals surface area contributed by atoms with Gasteiger partial charge in [0.1, 0.15) is 0 Å². The Balaban J connectivity index is 0.00000140. The molecule has 0 fully saturated rings. The average Bonchev–Trinajstić information content (AvgIpc) is 3.93. The summed E-state index contributed by atoms with van der Waals surface area (Å²) in [7, 11) is 0. The minimum Gasteiger partial charge on any atom is -0.309 e. The van der Waals surface area contributed by atoms with Crippen LogP contribution in [0, 0.1) is 0 Å². The maximum absolute atomic E-state index is 4.55. The van der Waals surface area contributed by atoms with E-state index in [4.69, 9.17) is 0 Å². The van der Waals surface area contributed by atoms with Crippen molar-refractivity contribution in [3.63, 3.8) is 0 Å². The zero-order valence-corrected chi connectivity index (χ0v) is 34.9. The van der Waals surface area contributed by atoms with Gasteiger partial charge in [-0.3, -0.25) is 0 Å². The van der Waals surface area contributed by atoms with Crippen LogP contribution in [0.2, 0.25) is 0 Å². The predicted molar refractivity (Wildman–Crippen MR) is 262 cm³/mol. The van der Waals surface area contributed by atoms with Gasteiger partial charge >= 0.3 is 0 Å². The van der Waals surface area contributed by atoms with Crippen molar-refractivity contribution >= 4 is 27.4 Å². The van der Waals surface area contributed by atoms with Crippen LogP contribution in [0.5, 0.6) is 0 Å². The minimum atomic E-state index is -0.404. The molecule has 0 unspecified atom stereocenters. The van der Waals surface area contributed by atoms with Gasteiger partial charge in [0.15, 0.2) is 0 Å². The molecule has 0 saturated heterocycles. The van der Waals surface area contributed by atoms with E-state index < -0.39 is 5.41 Å². The lowest BCUT2D eigenvalue weighted by molar-refractivity contribution is 0.768. The molecule has 9 aromatic carbocycles. The van der Waals surface area contributed by atoms with Crippen LogP contribution in [0.3, 0.4) is 0 Å². The van der Waals surface area contributed by atoms with Gasteiger partial charge in [-0.2, -0.15) is 0 Å². The third-order valence-corrected chi connectivity index (χ3v) is 13.0. The summed E-state index contributed by atoms with van der Waals surface area (Å²) < 4.78 is 2.44. The van der Waals surface area contributed by atoms with Crippen molar-refractivity contribution in [3.05, 3.63) is 276 Å². The van der Waals surface area contributed by atoms with Gasteiger partial charge in [-0.25, -0.2) is 0 Å². The topological polar surface area (TPSA) is 4.93 Å². The van der Waals surface area contributed by atoms with Gasteiger partial charge < -0.3 is 4.57 Å². The number of allylic oxidation sites excluding steroid dienone is 1. The number of fused-ring (bicyclic) bond motifs is 9. The number of hydrogen-bond acceptors (Lipinski definition) is 0. The summed E-state index contributed by atoms with van der Waals surface area (Å²) in [4.78, 5) is 0. The quantitative estimate of drug-likeness (QED) is 0.148. The second-order valence-electron chi connectivity index (χ2n) is 16.5. The van der Waals surface area contributed by atoms with Gasteiger partial charge in [0.25, 0.3) is 0 Å². The van der Waals surface area contributed by atoms with Crippen LogP contribution < -0.4 is 0 Å². The summed E-state index contributed by atoms with van der Waals surface area (Å²) in [5.41, 5.74) is 22.2. The fourth-order valence-corrected chi connectivity index (χ4v) is 10.5. The van der Waals surface area contributed by atoms with Gasteiger partial charge in [-0.1, -0.05) is 189 Å². The van der Waals surface area contributed by atoms with E-state index in [1.165, 1.54) is 105 Å². The standard InChI is InChI=1S/C58H39N.C3H6/c1-38-46-23-8-9-24-47(46)50-27-15-17-42(57(38)50)34-39-16-14-22-45(35-39)59-55-29-13-11-26-49(55)52-37-41(31-33-56(52)59)40-30-32-54-51(36-40)48-25-10-12-28-53(48)58(54,43-18-4-2-5-19-43)44-20-6-3-7-21-44;1-3-2/h2-33,35-37H,1,34H2;3H,1H2,2H3. The Morgan fingerprint density at radius 1 is 0.468 bits per heavy atom. The number of rotatable bonds is 6. The summed E-state index contributed by atoms with van der Waals surface area (Å²) in [6, 6.07) is 78.5. The number of hydrogen-bond donors (Lipinski definition) is 0. The molecule has 0 aliphatic heterocycles. The molecular formula is C61H45N. The first-order valence-corrected chi connectivity index (χ1v) is 21.6. The molecular weight excluding hydrogens is 747 g/mol. The van der Waals surface area contributed by atoms with Crippen LogP contribution in [-0.2, 0) is 11.8 Å². The molecule has 0 bridgehead atoms. The maximum Gasteiger partial charge on any atom is 0.0713 e. The summed E-state index contributed by atoms with van der Waals surface area (Å²) in [5.74, 6) is 0. The van der Waals surface area contributed by atoms with E-state index in [1.54, 1.807) is 6.08 Å². The Bertz CT molecular complexity index is 3320. The van der Waals surface area contributed by atoms with Gasteiger partial charge in [0, 0.05) is 16.5 Å². The third kappa shape index (κ3) is 5.70. The SMILES string of the molecule is C=C1c2ccccc2-c2cccc(Cc3cccc(-n4c5ccccc5c5cc(-c6ccc7c(c6)-c6ccccc6C7(c6ccccc6)c6ccccc6)ccc54)c3)c21.C=CC. The lowest BCUT2D eigenvalue weighted by Gasteiger charge is -2.33. The lowest BCUT2D eigenvalue weighted by atomic mass is 9.67. The van der Waals surface area contributed by atoms with Crippen LogP contribution in [0.25, 0.3) is 66.4 Å². The van der Waals surface area contributed by atoms with E-state index >= 15 is 0 Å². The van der Waals surface area contributed by atoms with Gasteiger partial charge in [0.2, 0.25) is 0 Å². The molecule has 0 saturated carbocycles. The van der Waals surface area contributed by atoms with E-state index in [0.29, 0.717) is 0 Å². The normalized spacial score (nSPS) is 12.9. The Morgan fingerprint density at radius 2 is 1.05 bits per heavy atom. The van der Waals surface area contributed by atoms with Crippen LogP contribution in [0.4, 0.5) is 0 Å². The summed E-state index contributed by atoms with van der Waals surface area (Å²) >= 11 is 0. The zero-order valence-electron chi connectivity index (χ0n) is 34.9. The van der Waals surface area contributed by atoms with E-state index in [2.05, 4.69) is 230 Å². The molecule has 62 heavy (non-hydrogen) atoms. The molecule has 0 radical (unpaired) electrons. The molecule has 10 aromatic rings. The molecule has 294 valence electrons. The van der Waals surface area contributed by atoms with Crippen LogP contribution in [0.1, 0.15) is 51.4 Å². The molecule has 1 heteroatoms. The highest BCUT2D eigenvalue weighted by molar-refractivity contribution is 6.10. The van der Waals surface area contributed by atoms with E-state index in [-0.39, 0.29) is 0 Å². The first-order chi connectivity index (χ1) is 30.6. The number of para-hydroxylation sites is 1. The average molecular weight is 792 g/mol.